The molecule has 0 bridgehead atoms. The van der Waals surface area contributed by atoms with E-state index >= 15 is 0 Å². The van der Waals surface area contributed by atoms with Crippen LogP contribution in [-0.2, 0) is 11.3 Å². The maximum atomic E-state index is 11.5. The number of ether oxygens (including phenoxy) is 1. The number of nitrogens with one attached hydrogen (secondary N) is 2. The second kappa shape index (κ2) is 4.32. The fourth-order valence-electron chi connectivity index (χ4n) is 1.23. The number of halogens is 1. The lowest BCUT2D eigenvalue weighted by Crippen LogP contribution is -2.17. The normalized spacial score (nSPS) is 15.3. The zero-order valence-corrected chi connectivity index (χ0v) is 9.93. The van der Waals surface area contributed by atoms with Gasteiger partial charge in [-0.05, 0) is 28.8 Å². The van der Waals surface area contributed by atoms with Gasteiger partial charge in [-0.15, -0.1) is 0 Å². The van der Waals surface area contributed by atoms with E-state index < -0.39 is 0 Å². The van der Waals surface area contributed by atoms with E-state index in [0.717, 1.165) is 12.8 Å². The third kappa shape index (κ3) is 2.57. The van der Waals surface area contributed by atoms with E-state index in [1.54, 1.807) is 7.11 Å². The van der Waals surface area contributed by atoms with Crippen molar-refractivity contribution in [3.8, 4) is 0 Å². The smallest absolute Gasteiger partial charge is 0.266 e. The number of anilines is 1. The highest BCUT2D eigenvalue weighted by Crippen LogP contribution is 2.23. The molecule has 0 atom stereocenters. The fraction of sp³-hybridized carbons (Fsp3) is 0.556. The summed E-state index contributed by atoms with van der Waals surface area (Å²) in [7, 11) is 1.57. The van der Waals surface area contributed by atoms with E-state index in [1.165, 1.54) is 0 Å². The Morgan fingerprint density at radius 3 is 3.00 bits per heavy atom. The summed E-state index contributed by atoms with van der Waals surface area (Å²) < 4.78 is 5.40. The number of hydrogen-bond donors (Lipinski definition) is 2. The van der Waals surface area contributed by atoms with Crippen molar-refractivity contribution in [1.82, 2.24) is 9.97 Å². The molecule has 0 spiro atoms. The minimum atomic E-state index is -0.180. The molecule has 0 aliphatic heterocycles. The number of hydrogen-bond acceptors (Lipinski definition) is 4. The molecule has 1 fully saturated rings. The van der Waals surface area contributed by atoms with E-state index in [2.05, 4.69) is 31.2 Å². The Kier molecular flexibility index (Phi) is 3.06. The molecule has 1 aromatic rings. The summed E-state index contributed by atoms with van der Waals surface area (Å²) in [6.45, 7) is 0.323. The molecule has 1 saturated carbocycles. The van der Waals surface area contributed by atoms with E-state index in [4.69, 9.17) is 4.74 Å². The quantitative estimate of drug-likeness (QED) is 0.867. The van der Waals surface area contributed by atoms with Gasteiger partial charge in [0.25, 0.3) is 5.56 Å². The molecule has 15 heavy (non-hydrogen) atoms. The van der Waals surface area contributed by atoms with E-state index in [-0.39, 0.29) is 5.56 Å². The summed E-state index contributed by atoms with van der Waals surface area (Å²) in [6, 6.07) is 0.463. The van der Waals surface area contributed by atoms with Gasteiger partial charge in [0.15, 0.2) is 0 Å². The van der Waals surface area contributed by atoms with Crippen molar-refractivity contribution in [2.45, 2.75) is 25.5 Å². The Hall–Kier alpha value is -0.880. The largest absolute Gasteiger partial charge is 0.378 e. The van der Waals surface area contributed by atoms with Gasteiger partial charge in [0, 0.05) is 13.2 Å². The summed E-state index contributed by atoms with van der Waals surface area (Å²) in [4.78, 5) is 18.4. The Balaban J connectivity index is 2.27. The third-order valence-corrected chi connectivity index (χ3v) is 2.95. The summed E-state index contributed by atoms with van der Waals surface area (Å²) >= 11 is 3.18. The van der Waals surface area contributed by atoms with Gasteiger partial charge >= 0.3 is 0 Å². The average Bonchev–Trinajstić information content (AvgIpc) is 2.98. The number of rotatable bonds is 4. The average molecular weight is 274 g/mol. The Morgan fingerprint density at radius 2 is 2.40 bits per heavy atom. The second-order valence-electron chi connectivity index (χ2n) is 3.53. The van der Waals surface area contributed by atoms with Crippen LogP contribution in [0.1, 0.15) is 18.5 Å². The van der Waals surface area contributed by atoms with Gasteiger partial charge in [-0.25, -0.2) is 4.98 Å². The van der Waals surface area contributed by atoms with E-state index in [0.29, 0.717) is 28.8 Å². The van der Waals surface area contributed by atoms with Gasteiger partial charge < -0.3 is 10.1 Å². The van der Waals surface area contributed by atoms with Gasteiger partial charge in [0.1, 0.15) is 4.47 Å². The lowest BCUT2D eigenvalue weighted by atomic mass is 10.4. The fourth-order valence-corrected chi connectivity index (χ4v) is 1.53. The molecule has 5 nitrogen and oxygen atoms in total. The summed E-state index contributed by atoms with van der Waals surface area (Å²) in [6.07, 6.45) is 2.28. The molecule has 0 amide bonds. The van der Waals surface area contributed by atoms with Gasteiger partial charge in [0.2, 0.25) is 5.95 Å². The topological polar surface area (TPSA) is 67.0 Å². The highest BCUT2D eigenvalue weighted by Gasteiger charge is 2.22. The van der Waals surface area contributed by atoms with Gasteiger partial charge in [-0.2, -0.15) is 0 Å². The van der Waals surface area contributed by atoms with Gasteiger partial charge in [0.05, 0.1) is 12.3 Å². The number of aromatic amines is 1. The molecular formula is C9H12BrN3O2. The van der Waals surface area contributed by atoms with Crippen molar-refractivity contribution < 1.29 is 4.74 Å². The van der Waals surface area contributed by atoms with Crippen LogP contribution in [0.3, 0.4) is 0 Å². The van der Waals surface area contributed by atoms with E-state index in [1.807, 2.05) is 0 Å². The molecule has 6 heteroatoms. The lowest BCUT2D eigenvalue weighted by molar-refractivity contribution is 0.181. The van der Waals surface area contributed by atoms with Gasteiger partial charge in [-0.1, -0.05) is 0 Å². The van der Waals surface area contributed by atoms with Crippen LogP contribution >= 0.6 is 15.9 Å². The monoisotopic (exact) mass is 273 g/mol. The molecule has 1 aliphatic carbocycles. The molecule has 0 aromatic carbocycles. The number of methoxy groups -OCH3 is 1. The first-order valence-electron chi connectivity index (χ1n) is 4.75. The van der Waals surface area contributed by atoms with Crippen LogP contribution in [0.15, 0.2) is 9.27 Å². The van der Waals surface area contributed by atoms with Crippen molar-refractivity contribution >= 4 is 21.9 Å². The van der Waals surface area contributed by atoms with Crippen molar-refractivity contribution in [2.24, 2.45) is 0 Å². The zero-order chi connectivity index (χ0) is 10.8. The molecule has 2 rings (SSSR count). The third-order valence-electron chi connectivity index (χ3n) is 2.13. The standard InChI is InChI=1S/C9H12BrN3O2/c1-15-4-6-7(10)8(14)13-9(12-6)11-5-2-3-5/h5H,2-4H2,1H3,(H2,11,12,13,14). The summed E-state index contributed by atoms with van der Waals surface area (Å²) in [5, 5.41) is 3.14. The molecule has 1 heterocycles. The molecule has 2 N–H and O–H groups in total. The molecule has 0 unspecified atom stereocenters. The summed E-state index contributed by atoms with van der Waals surface area (Å²) in [5.41, 5.74) is 0.435. The van der Waals surface area contributed by atoms with Crippen LogP contribution < -0.4 is 10.9 Å². The molecular weight excluding hydrogens is 262 g/mol. The van der Waals surface area contributed by atoms with E-state index in [9.17, 15) is 4.79 Å². The lowest BCUT2D eigenvalue weighted by Gasteiger charge is -2.06. The first kappa shape index (κ1) is 10.6. The van der Waals surface area contributed by atoms with Crippen LogP contribution in [0.2, 0.25) is 0 Å². The van der Waals surface area contributed by atoms with Crippen molar-refractivity contribution in [3.05, 3.63) is 20.5 Å². The minimum absolute atomic E-state index is 0.180. The zero-order valence-electron chi connectivity index (χ0n) is 8.34. The molecule has 0 radical (unpaired) electrons. The first-order valence-corrected chi connectivity index (χ1v) is 5.54. The van der Waals surface area contributed by atoms with Gasteiger partial charge in [-0.3, -0.25) is 9.78 Å². The molecule has 1 aliphatic rings. The van der Waals surface area contributed by atoms with Crippen molar-refractivity contribution in [3.63, 3.8) is 0 Å². The molecule has 82 valence electrons. The first-order chi connectivity index (χ1) is 7.20. The van der Waals surface area contributed by atoms with Crippen LogP contribution in [0.4, 0.5) is 5.95 Å². The Bertz CT molecular complexity index is 414. The highest BCUT2D eigenvalue weighted by molar-refractivity contribution is 9.10. The predicted molar refractivity (Wildman–Crippen MR) is 59.9 cm³/mol. The number of H-pyrrole nitrogens is 1. The summed E-state index contributed by atoms with van der Waals surface area (Å²) in [5.74, 6) is 0.526. The number of aromatic nitrogens is 2. The van der Waals surface area contributed by atoms with Crippen LogP contribution in [0.25, 0.3) is 0 Å². The predicted octanol–water partition coefficient (Wildman–Crippen LogP) is 1.25. The molecule has 1 aromatic heterocycles. The van der Waals surface area contributed by atoms with Crippen LogP contribution in [0.5, 0.6) is 0 Å². The molecule has 0 saturated heterocycles. The highest BCUT2D eigenvalue weighted by atomic mass is 79.9. The Labute approximate surface area is 95.4 Å². The van der Waals surface area contributed by atoms with Crippen LogP contribution in [-0.4, -0.2) is 23.1 Å². The maximum Gasteiger partial charge on any atom is 0.266 e. The Morgan fingerprint density at radius 1 is 1.67 bits per heavy atom. The second-order valence-corrected chi connectivity index (χ2v) is 4.32. The minimum Gasteiger partial charge on any atom is -0.378 e. The SMILES string of the molecule is COCc1nc(NC2CC2)[nH]c(=O)c1Br. The number of nitrogens with zero attached hydrogens (tertiary/aromatic N) is 1. The van der Waals surface area contributed by atoms with Crippen molar-refractivity contribution in [1.29, 1.82) is 0 Å². The van der Waals surface area contributed by atoms with Crippen molar-refractivity contribution in [2.75, 3.05) is 12.4 Å². The van der Waals surface area contributed by atoms with Crippen LogP contribution in [0, 0.1) is 0 Å². The maximum absolute atomic E-state index is 11.5.